The van der Waals surface area contributed by atoms with E-state index in [9.17, 15) is 0 Å². The molecule has 1 aromatic heterocycles. The van der Waals surface area contributed by atoms with E-state index in [1.165, 1.54) is 0 Å². The lowest BCUT2D eigenvalue weighted by Gasteiger charge is -2.05. The van der Waals surface area contributed by atoms with Gasteiger partial charge in [-0.3, -0.25) is 0 Å². The summed E-state index contributed by atoms with van der Waals surface area (Å²) < 4.78 is 12.5. The zero-order valence-corrected chi connectivity index (χ0v) is 12.8. The summed E-state index contributed by atoms with van der Waals surface area (Å²) in [6.07, 6.45) is 0.903. The van der Waals surface area contributed by atoms with Gasteiger partial charge in [0, 0.05) is 28.6 Å². The number of hydrogen-bond donors (Lipinski definition) is 1. The number of benzene rings is 2. The summed E-state index contributed by atoms with van der Waals surface area (Å²) >= 11 is 3.44. The highest BCUT2D eigenvalue weighted by atomic mass is 79.9. The van der Waals surface area contributed by atoms with Crippen LogP contribution in [0.2, 0.25) is 0 Å². The Hall–Kier alpha value is -2.01. The van der Waals surface area contributed by atoms with Crippen molar-refractivity contribution >= 4 is 27.0 Å². The highest BCUT2D eigenvalue weighted by Crippen LogP contribution is 2.34. The summed E-state index contributed by atoms with van der Waals surface area (Å²) in [5.41, 5.74) is 2.89. The van der Waals surface area contributed by atoms with Gasteiger partial charge in [-0.05, 0) is 12.1 Å². The molecule has 3 aromatic rings. The number of nitrogens with one attached hydrogen (secondary N) is 1. The van der Waals surface area contributed by atoms with Gasteiger partial charge < -0.3 is 14.5 Å². The van der Waals surface area contributed by atoms with Gasteiger partial charge in [-0.2, -0.15) is 0 Å². The second-order valence-electron chi connectivity index (χ2n) is 4.96. The normalized spacial score (nSPS) is 14.1. The van der Waals surface area contributed by atoms with Gasteiger partial charge in [-0.1, -0.05) is 28.1 Å². The first-order valence-corrected chi connectivity index (χ1v) is 7.64. The zero-order chi connectivity index (χ0) is 14.2. The van der Waals surface area contributed by atoms with Crippen LogP contribution in [-0.2, 0) is 0 Å². The smallest absolute Gasteiger partial charge is 0.163 e. The molecule has 0 amide bonds. The summed E-state index contributed by atoms with van der Waals surface area (Å²) in [4.78, 5) is 7.98. The van der Waals surface area contributed by atoms with Crippen molar-refractivity contribution in [1.29, 1.82) is 0 Å². The molecular formula is C16H13BrN2O2. The monoisotopic (exact) mass is 344 g/mol. The quantitative estimate of drug-likeness (QED) is 0.721. The maximum Gasteiger partial charge on any atom is 0.163 e. The van der Waals surface area contributed by atoms with Crippen LogP contribution >= 0.6 is 15.9 Å². The molecule has 0 atom stereocenters. The van der Waals surface area contributed by atoms with Gasteiger partial charge in [0.2, 0.25) is 0 Å². The molecule has 21 heavy (non-hydrogen) atoms. The minimum Gasteiger partial charge on any atom is -0.489 e. The minimum absolute atomic E-state index is 0.683. The summed E-state index contributed by atoms with van der Waals surface area (Å²) in [7, 11) is 0. The van der Waals surface area contributed by atoms with Gasteiger partial charge in [-0.25, -0.2) is 4.98 Å². The second kappa shape index (κ2) is 5.07. The Morgan fingerprint density at radius 1 is 1.00 bits per heavy atom. The third-order valence-corrected chi connectivity index (χ3v) is 4.00. The molecule has 0 spiro atoms. The topological polar surface area (TPSA) is 47.1 Å². The van der Waals surface area contributed by atoms with E-state index in [1.807, 2.05) is 36.4 Å². The Morgan fingerprint density at radius 2 is 1.71 bits per heavy atom. The van der Waals surface area contributed by atoms with Crippen LogP contribution in [0.3, 0.4) is 0 Å². The minimum atomic E-state index is 0.683. The van der Waals surface area contributed by atoms with Gasteiger partial charge in [0.25, 0.3) is 0 Å². The molecule has 0 bridgehead atoms. The molecule has 0 fully saturated rings. The summed E-state index contributed by atoms with van der Waals surface area (Å²) in [6.45, 7) is 1.37. The van der Waals surface area contributed by atoms with E-state index >= 15 is 0 Å². The summed E-state index contributed by atoms with van der Waals surface area (Å²) in [6, 6.07) is 12.0. The standard InChI is InChI=1S/C16H13BrN2O2/c17-11-4-2-10(3-5-11)16-18-12-8-14-15(9-13(12)19-16)21-7-1-6-20-14/h2-5,8-9H,1,6-7H2,(H,18,19). The number of fused-ring (bicyclic) bond motifs is 2. The predicted octanol–water partition coefficient (Wildman–Crippen LogP) is 4.15. The lowest BCUT2D eigenvalue weighted by molar-refractivity contribution is 0.297. The van der Waals surface area contributed by atoms with Gasteiger partial charge in [0.15, 0.2) is 11.5 Å². The number of aromatic nitrogens is 2. The van der Waals surface area contributed by atoms with Gasteiger partial charge in [0.05, 0.1) is 24.2 Å². The molecule has 4 nitrogen and oxygen atoms in total. The average molecular weight is 345 g/mol. The van der Waals surface area contributed by atoms with Crippen molar-refractivity contribution in [2.45, 2.75) is 6.42 Å². The van der Waals surface area contributed by atoms with Crippen LogP contribution in [0.4, 0.5) is 0 Å². The number of hydrogen-bond acceptors (Lipinski definition) is 3. The SMILES string of the molecule is Brc1ccc(-c2nc3cc4c(cc3[nH]2)OCCCO4)cc1. The molecule has 1 N–H and O–H groups in total. The largest absolute Gasteiger partial charge is 0.489 e. The van der Waals surface area contributed by atoms with Gasteiger partial charge in [-0.15, -0.1) is 0 Å². The van der Waals surface area contributed by atoms with E-state index in [4.69, 9.17) is 9.47 Å². The Kier molecular flexibility index (Phi) is 3.07. The first kappa shape index (κ1) is 12.7. The lowest BCUT2D eigenvalue weighted by Crippen LogP contribution is -1.97. The molecular weight excluding hydrogens is 332 g/mol. The van der Waals surface area contributed by atoms with Crippen molar-refractivity contribution in [3.8, 4) is 22.9 Å². The Morgan fingerprint density at radius 3 is 2.48 bits per heavy atom. The van der Waals surface area contributed by atoms with Crippen LogP contribution in [-0.4, -0.2) is 23.2 Å². The molecule has 2 aromatic carbocycles. The predicted molar refractivity (Wildman–Crippen MR) is 84.8 cm³/mol. The fraction of sp³-hybridized carbons (Fsp3) is 0.188. The van der Waals surface area contributed by atoms with E-state index in [0.29, 0.717) is 13.2 Å². The fourth-order valence-corrected chi connectivity index (χ4v) is 2.68. The van der Waals surface area contributed by atoms with Crippen molar-refractivity contribution in [2.75, 3.05) is 13.2 Å². The Balaban J connectivity index is 1.81. The molecule has 0 saturated carbocycles. The molecule has 0 unspecified atom stereocenters. The molecule has 1 aliphatic rings. The Labute approximate surface area is 130 Å². The highest BCUT2D eigenvalue weighted by Gasteiger charge is 2.14. The fourth-order valence-electron chi connectivity index (χ4n) is 2.41. The van der Waals surface area contributed by atoms with Gasteiger partial charge >= 0.3 is 0 Å². The Bertz CT molecular complexity index is 753. The van der Waals surface area contributed by atoms with Crippen LogP contribution < -0.4 is 9.47 Å². The van der Waals surface area contributed by atoms with Crippen molar-refractivity contribution in [3.63, 3.8) is 0 Å². The van der Waals surface area contributed by atoms with Crippen molar-refractivity contribution in [3.05, 3.63) is 40.9 Å². The second-order valence-corrected chi connectivity index (χ2v) is 5.87. The maximum atomic E-state index is 5.71. The molecule has 0 saturated heterocycles. The number of halogens is 1. The molecule has 1 aliphatic heterocycles. The number of rotatable bonds is 1. The van der Waals surface area contributed by atoms with Crippen LogP contribution in [0.15, 0.2) is 40.9 Å². The van der Waals surface area contributed by atoms with Crippen LogP contribution in [0, 0.1) is 0 Å². The zero-order valence-electron chi connectivity index (χ0n) is 11.2. The van der Waals surface area contributed by atoms with E-state index in [1.54, 1.807) is 0 Å². The maximum absolute atomic E-state index is 5.71. The van der Waals surface area contributed by atoms with E-state index in [2.05, 4.69) is 25.9 Å². The molecule has 4 rings (SSSR count). The van der Waals surface area contributed by atoms with Crippen LogP contribution in [0.25, 0.3) is 22.4 Å². The van der Waals surface area contributed by atoms with Crippen LogP contribution in [0.1, 0.15) is 6.42 Å². The number of nitrogens with zero attached hydrogens (tertiary/aromatic N) is 1. The first-order chi connectivity index (χ1) is 10.3. The molecule has 5 heteroatoms. The van der Waals surface area contributed by atoms with Crippen LogP contribution in [0.5, 0.6) is 11.5 Å². The van der Waals surface area contributed by atoms with E-state index in [-0.39, 0.29) is 0 Å². The van der Waals surface area contributed by atoms with Crippen molar-refractivity contribution in [2.24, 2.45) is 0 Å². The average Bonchev–Trinajstić information content (AvgIpc) is 2.76. The van der Waals surface area contributed by atoms with Crippen molar-refractivity contribution < 1.29 is 9.47 Å². The summed E-state index contributed by atoms with van der Waals surface area (Å²) in [5.74, 6) is 2.40. The van der Waals surface area contributed by atoms with Crippen molar-refractivity contribution in [1.82, 2.24) is 9.97 Å². The third kappa shape index (κ3) is 2.38. The molecule has 106 valence electrons. The van der Waals surface area contributed by atoms with Gasteiger partial charge in [0.1, 0.15) is 5.82 Å². The highest BCUT2D eigenvalue weighted by molar-refractivity contribution is 9.10. The number of aromatic amines is 1. The third-order valence-electron chi connectivity index (χ3n) is 3.47. The summed E-state index contributed by atoms with van der Waals surface area (Å²) in [5, 5.41) is 0. The molecule has 0 radical (unpaired) electrons. The number of imidazole rings is 1. The molecule has 0 aliphatic carbocycles. The van der Waals surface area contributed by atoms with E-state index in [0.717, 1.165) is 44.8 Å². The van der Waals surface area contributed by atoms with E-state index < -0.39 is 0 Å². The number of H-pyrrole nitrogens is 1. The molecule has 2 heterocycles. The first-order valence-electron chi connectivity index (χ1n) is 6.85. The number of ether oxygens (including phenoxy) is 2. The lowest BCUT2D eigenvalue weighted by atomic mass is 10.2.